The fourth-order valence-electron chi connectivity index (χ4n) is 3.83. The number of amides is 2. The van der Waals surface area contributed by atoms with Gasteiger partial charge in [0.1, 0.15) is 0 Å². The van der Waals surface area contributed by atoms with Crippen LogP contribution in [0.15, 0.2) is 18.2 Å². The number of benzene rings is 1. The smallest absolute Gasteiger partial charge is 0.321 e. The van der Waals surface area contributed by atoms with Gasteiger partial charge in [-0.05, 0) is 42.5 Å². The number of hydrogen-bond donors (Lipinski definition) is 2. The van der Waals surface area contributed by atoms with E-state index >= 15 is 0 Å². The van der Waals surface area contributed by atoms with Crippen LogP contribution in [0.3, 0.4) is 0 Å². The third-order valence-electron chi connectivity index (χ3n) is 5.32. The van der Waals surface area contributed by atoms with Crippen molar-refractivity contribution in [2.75, 3.05) is 12.4 Å². The molecule has 4 nitrogen and oxygen atoms in total. The second-order valence-electron chi connectivity index (χ2n) is 6.53. The van der Waals surface area contributed by atoms with E-state index in [1.54, 1.807) is 11.9 Å². The van der Waals surface area contributed by atoms with Gasteiger partial charge in [0.25, 0.3) is 0 Å². The van der Waals surface area contributed by atoms with Crippen LogP contribution < -0.4 is 5.32 Å². The summed E-state index contributed by atoms with van der Waals surface area (Å²) in [7, 11) is 1.78. The zero-order valence-corrected chi connectivity index (χ0v) is 12.9. The van der Waals surface area contributed by atoms with Gasteiger partial charge in [0.15, 0.2) is 0 Å². The zero-order chi connectivity index (χ0) is 15.0. The number of aliphatic hydroxyl groups is 1. The lowest BCUT2D eigenvalue weighted by molar-refractivity contribution is 0.0237. The standard InChI is InChI=1S/C17H24N2O2/c1-3-17(8-4-5-9-17)15(20)12-6-7-14-13(10-12)11-19(2)16(21)18-14/h6-7,10,15,20H,3-5,8-9,11H2,1-2H3,(H,18,21). The molecule has 4 heteroatoms. The summed E-state index contributed by atoms with van der Waals surface area (Å²) in [4.78, 5) is 13.3. The van der Waals surface area contributed by atoms with E-state index in [9.17, 15) is 9.90 Å². The third kappa shape index (κ3) is 2.42. The molecule has 1 aromatic carbocycles. The van der Waals surface area contributed by atoms with Crippen molar-refractivity contribution in [3.63, 3.8) is 0 Å². The van der Waals surface area contributed by atoms with Gasteiger partial charge in [0.05, 0.1) is 6.10 Å². The number of aliphatic hydroxyl groups excluding tert-OH is 1. The predicted molar refractivity (Wildman–Crippen MR) is 83.1 cm³/mol. The van der Waals surface area contributed by atoms with Gasteiger partial charge in [-0.15, -0.1) is 0 Å². The molecule has 21 heavy (non-hydrogen) atoms. The molecule has 0 bridgehead atoms. The van der Waals surface area contributed by atoms with E-state index in [2.05, 4.69) is 18.3 Å². The molecule has 1 saturated carbocycles. The summed E-state index contributed by atoms with van der Waals surface area (Å²) in [5.41, 5.74) is 2.98. The van der Waals surface area contributed by atoms with E-state index in [1.807, 2.05) is 12.1 Å². The van der Waals surface area contributed by atoms with Gasteiger partial charge in [-0.1, -0.05) is 25.8 Å². The normalized spacial score (nSPS) is 21.9. The molecular formula is C17H24N2O2. The second-order valence-corrected chi connectivity index (χ2v) is 6.53. The van der Waals surface area contributed by atoms with Gasteiger partial charge in [-0.25, -0.2) is 4.79 Å². The number of urea groups is 1. The molecule has 0 saturated heterocycles. The lowest BCUT2D eigenvalue weighted by atomic mass is 9.75. The van der Waals surface area contributed by atoms with Crippen LogP contribution in [0.2, 0.25) is 0 Å². The van der Waals surface area contributed by atoms with Gasteiger partial charge in [-0.3, -0.25) is 0 Å². The fraction of sp³-hybridized carbons (Fsp3) is 0.588. The molecule has 0 spiro atoms. The lowest BCUT2D eigenvalue weighted by Crippen LogP contribution is -2.35. The Bertz CT molecular complexity index is 550. The quantitative estimate of drug-likeness (QED) is 0.891. The summed E-state index contributed by atoms with van der Waals surface area (Å²) in [5.74, 6) is 0. The molecule has 1 heterocycles. The highest BCUT2D eigenvalue weighted by atomic mass is 16.3. The Morgan fingerprint density at radius 1 is 1.38 bits per heavy atom. The summed E-state index contributed by atoms with van der Waals surface area (Å²) in [5, 5.41) is 13.8. The lowest BCUT2D eigenvalue weighted by Gasteiger charge is -2.34. The Morgan fingerprint density at radius 3 is 2.76 bits per heavy atom. The SMILES string of the molecule is CCC1(C(O)c2ccc3c(c2)CN(C)C(=O)N3)CCCC1. The van der Waals surface area contributed by atoms with Crippen LogP contribution in [0.25, 0.3) is 0 Å². The van der Waals surface area contributed by atoms with Gasteiger partial charge in [0.2, 0.25) is 0 Å². The number of carbonyl (C=O) groups excluding carboxylic acids is 1. The average Bonchev–Trinajstić information content (AvgIpc) is 2.97. The number of rotatable bonds is 3. The minimum absolute atomic E-state index is 0.0397. The second kappa shape index (κ2) is 5.34. The molecule has 1 aliphatic heterocycles. The van der Waals surface area contributed by atoms with Crippen LogP contribution in [-0.4, -0.2) is 23.1 Å². The number of fused-ring (bicyclic) bond motifs is 1. The molecule has 1 unspecified atom stereocenters. The van der Waals surface area contributed by atoms with Crippen molar-refractivity contribution in [3.8, 4) is 0 Å². The molecule has 2 amide bonds. The molecule has 2 N–H and O–H groups in total. The summed E-state index contributed by atoms with van der Waals surface area (Å²) >= 11 is 0. The first-order chi connectivity index (χ1) is 10.1. The fourth-order valence-corrected chi connectivity index (χ4v) is 3.83. The van der Waals surface area contributed by atoms with Crippen LogP contribution in [-0.2, 0) is 6.54 Å². The first kappa shape index (κ1) is 14.4. The summed E-state index contributed by atoms with van der Waals surface area (Å²) in [6.45, 7) is 2.78. The van der Waals surface area contributed by atoms with Gasteiger partial charge < -0.3 is 15.3 Å². The Kier molecular flexibility index (Phi) is 3.66. The first-order valence-electron chi connectivity index (χ1n) is 7.89. The van der Waals surface area contributed by atoms with Gasteiger partial charge >= 0.3 is 6.03 Å². The predicted octanol–water partition coefficient (Wildman–Crippen LogP) is 3.67. The topological polar surface area (TPSA) is 52.6 Å². The van der Waals surface area contributed by atoms with Crippen LogP contribution in [0, 0.1) is 5.41 Å². The van der Waals surface area contributed by atoms with Crippen molar-refractivity contribution >= 4 is 11.7 Å². The Labute approximate surface area is 126 Å². The zero-order valence-electron chi connectivity index (χ0n) is 12.9. The van der Waals surface area contributed by atoms with Crippen molar-refractivity contribution in [1.82, 2.24) is 4.90 Å². The molecule has 1 aromatic rings. The maximum atomic E-state index is 11.6. The average molecular weight is 288 g/mol. The maximum Gasteiger partial charge on any atom is 0.321 e. The van der Waals surface area contributed by atoms with E-state index in [0.717, 1.165) is 36.1 Å². The van der Waals surface area contributed by atoms with E-state index in [-0.39, 0.29) is 11.4 Å². The Morgan fingerprint density at radius 2 is 2.10 bits per heavy atom. The molecule has 3 rings (SSSR count). The number of carbonyl (C=O) groups is 1. The molecule has 0 radical (unpaired) electrons. The van der Waals surface area contributed by atoms with E-state index in [1.165, 1.54) is 12.8 Å². The molecule has 1 fully saturated rings. The first-order valence-corrected chi connectivity index (χ1v) is 7.89. The van der Waals surface area contributed by atoms with E-state index in [4.69, 9.17) is 0 Å². The largest absolute Gasteiger partial charge is 0.388 e. The van der Waals surface area contributed by atoms with Crippen molar-refractivity contribution in [1.29, 1.82) is 0 Å². The molecule has 2 aliphatic rings. The minimum Gasteiger partial charge on any atom is -0.388 e. The van der Waals surface area contributed by atoms with Gasteiger partial charge in [-0.2, -0.15) is 0 Å². The highest BCUT2D eigenvalue weighted by Crippen LogP contribution is 2.50. The summed E-state index contributed by atoms with van der Waals surface area (Å²) in [6, 6.07) is 5.88. The molecule has 1 atom stereocenters. The monoisotopic (exact) mass is 288 g/mol. The third-order valence-corrected chi connectivity index (χ3v) is 5.32. The number of nitrogens with zero attached hydrogens (tertiary/aromatic N) is 1. The highest BCUT2D eigenvalue weighted by Gasteiger charge is 2.39. The van der Waals surface area contributed by atoms with Crippen molar-refractivity contribution < 1.29 is 9.90 Å². The van der Waals surface area contributed by atoms with Gasteiger partial charge in [0, 0.05) is 24.7 Å². The van der Waals surface area contributed by atoms with Crippen LogP contribution >= 0.6 is 0 Å². The summed E-state index contributed by atoms with van der Waals surface area (Å²) < 4.78 is 0. The highest BCUT2D eigenvalue weighted by molar-refractivity contribution is 5.92. The van der Waals surface area contributed by atoms with Crippen LogP contribution in [0.1, 0.15) is 56.3 Å². The number of hydrogen-bond acceptors (Lipinski definition) is 2. The maximum absolute atomic E-state index is 11.6. The Hall–Kier alpha value is -1.55. The minimum atomic E-state index is -0.404. The number of anilines is 1. The van der Waals surface area contributed by atoms with Crippen molar-refractivity contribution in [3.05, 3.63) is 29.3 Å². The van der Waals surface area contributed by atoms with Crippen molar-refractivity contribution in [2.45, 2.75) is 51.7 Å². The van der Waals surface area contributed by atoms with Crippen LogP contribution in [0.5, 0.6) is 0 Å². The van der Waals surface area contributed by atoms with Crippen molar-refractivity contribution in [2.24, 2.45) is 5.41 Å². The molecule has 0 aromatic heterocycles. The molecular weight excluding hydrogens is 264 g/mol. The van der Waals surface area contributed by atoms with Crippen LogP contribution in [0.4, 0.5) is 10.5 Å². The Balaban J connectivity index is 1.90. The molecule has 114 valence electrons. The van der Waals surface area contributed by atoms with E-state index < -0.39 is 6.10 Å². The molecule has 1 aliphatic carbocycles. The van der Waals surface area contributed by atoms with E-state index in [0.29, 0.717) is 6.54 Å². The number of nitrogens with one attached hydrogen (secondary N) is 1. The summed E-state index contributed by atoms with van der Waals surface area (Å²) in [6.07, 6.45) is 5.26.